The number of piperidine rings is 1. The molecule has 1 atom stereocenters. The molecule has 136 valence electrons. The van der Waals surface area contributed by atoms with Gasteiger partial charge in [-0.05, 0) is 44.0 Å². The zero-order valence-corrected chi connectivity index (χ0v) is 14.9. The Morgan fingerprint density at radius 1 is 1.32 bits per heavy atom. The molecule has 2 heterocycles. The molecule has 0 bridgehead atoms. The maximum absolute atomic E-state index is 13.0. The molecule has 6 nitrogen and oxygen atoms in total. The highest BCUT2D eigenvalue weighted by atomic mass is 32.2. The molecule has 0 saturated carbocycles. The number of halogens is 1. The molecule has 0 aromatic heterocycles. The summed E-state index contributed by atoms with van der Waals surface area (Å²) in [5.41, 5.74) is -0.528. The molecule has 0 radical (unpaired) electrons. The molecule has 1 aromatic rings. The number of amides is 1. The molecule has 3 rings (SSSR count). The monoisotopic (exact) mass is 367 g/mol. The standard InChI is InChI=1S/C17H22FN3O3S/c1-3-10-21-16(22)13(2)19-17(21)8-11-20(12-9-17)25(23,24)15-6-4-14(18)5-7-15/h3-7,13,19H,1,8-12H2,2H3. The molecule has 2 aliphatic heterocycles. The van der Waals surface area contributed by atoms with Crippen LogP contribution >= 0.6 is 0 Å². The van der Waals surface area contributed by atoms with Gasteiger partial charge in [0.25, 0.3) is 0 Å². The number of nitrogens with one attached hydrogen (secondary N) is 1. The number of benzene rings is 1. The van der Waals surface area contributed by atoms with Gasteiger partial charge in [-0.25, -0.2) is 12.8 Å². The number of carbonyl (C=O) groups excluding carboxylic acids is 1. The van der Waals surface area contributed by atoms with E-state index < -0.39 is 21.5 Å². The van der Waals surface area contributed by atoms with Gasteiger partial charge in [-0.3, -0.25) is 10.1 Å². The summed E-state index contributed by atoms with van der Waals surface area (Å²) in [5.74, 6) is -0.464. The zero-order valence-electron chi connectivity index (χ0n) is 14.1. The molecule has 0 aliphatic carbocycles. The average Bonchev–Trinajstić information content (AvgIpc) is 2.80. The predicted molar refractivity (Wildman–Crippen MR) is 91.6 cm³/mol. The Labute approximate surface area is 147 Å². The van der Waals surface area contributed by atoms with Crippen LogP contribution in [0.1, 0.15) is 19.8 Å². The third-order valence-electron chi connectivity index (χ3n) is 4.95. The molecular formula is C17H22FN3O3S. The smallest absolute Gasteiger partial charge is 0.243 e. The first-order valence-corrected chi connectivity index (χ1v) is 9.70. The van der Waals surface area contributed by atoms with E-state index in [1.807, 2.05) is 6.92 Å². The van der Waals surface area contributed by atoms with Crippen molar-refractivity contribution in [3.8, 4) is 0 Å². The second-order valence-electron chi connectivity index (χ2n) is 6.49. The summed E-state index contributed by atoms with van der Waals surface area (Å²) in [4.78, 5) is 14.2. The lowest BCUT2D eigenvalue weighted by Crippen LogP contribution is -2.59. The van der Waals surface area contributed by atoms with E-state index in [-0.39, 0.29) is 16.8 Å². The van der Waals surface area contributed by atoms with Gasteiger partial charge in [-0.15, -0.1) is 6.58 Å². The van der Waals surface area contributed by atoms with E-state index in [4.69, 9.17) is 0 Å². The predicted octanol–water partition coefficient (Wildman–Crippen LogP) is 1.31. The summed E-state index contributed by atoms with van der Waals surface area (Å²) in [6.45, 7) is 6.53. The van der Waals surface area contributed by atoms with Crippen LogP contribution in [0.4, 0.5) is 4.39 Å². The van der Waals surface area contributed by atoms with Gasteiger partial charge in [0, 0.05) is 19.6 Å². The van der Waals surface area contributed by atoms with Gasteiger partial charge in [-0.2, -0.15) is 4.31 Å². The quantitative estimate of drug-likeness (QED) is 0.815. The summed E-state index contributed by atoms with van der Waals surface area (Å²) >= 11 is 0. The van der Waals surface area contributed by atoms with Crippen LogP contribution in [0, 0.1) is 5.82 Å². The van der Waals surface area contributed by atoms with Gasteiger partial charge >= 0.3 is 0 Å². The Hall–Kier alpha value is -1.77. The van der Waals surface area contributed by atoms with Crippen LogP contribution < -0.4 is 5.32 Å². The third kappa shape index (κ3) is 3.09. The van der Waals surface area contributed by atoms with Crippen LogP contribution in [0.5, 0.6) is 0 Å². The zero-order chi connectivity index (χ0) is 18.2. The van der Waals surface area contributed by atoms with Crippen molar-refractivity contribution in [2.75, 3.05) is 19.6 Å². The molecule has 8 heteroatoms. The molecule has 1 amide bonds. The summed E-state index contributed by atoms with van der Waals surface area (Å²) in [6.07, 6.45) is 2.68. The molecule has 1 spiro atoms. The van der Waals surface area contributed by atoms with Crippen molar-refractivity contribution in [2.24, 2.45) is 0 Å². The fourth-order valence-corrected chi connectivity index (χ4v) is 5.09. The lowest BCUT2D eigenvalue weighted by atomic mass is 9.97. The van der Waals surface area contributed by atoms with E-state index in [1.54, 1.807) is 11.0 Å². The van der Waals surface area contributed by atoms with Gasteiger partial charge in [0.05, 0.1) is 16.6 Å². The Bertz CT molecular complexity index is 771. The highest BCUT2D eigenvalue weighted by molar-refractivity contribution is 7.89. The van der Waals surface area contributed by atoms with E-state index in [9.17, 15) is 17.6 Å². The number of nitrogens with zero attached hydrogens (tertiary/aromatic N) is 2. The van der Waals surface area contributed by atoms with Crippen molar-refractivity contribution in [1.82, 2.24) is 14.5 Å². The second-order valence-corrected chi connectivity index (χ2v) is 8.43. The maximum atomic E-state index is 13.0. The molecule has 2 aliphatic rings. The minimum absolute atomic E-state index is 0.00902. The second kappa shape index (κ2) is 6.51. The Morgan fingerprint density at radius 3 is 2.48 bits per heavy atom. The van der Waals surface area contributed by atoms with Crippen LogP contribution in [-0.4, -0.2) is 54.9 Å². The van der Waals surface area contributed by atoms with E-state index in [0.29, 0.717) is 32.5 Å². The van der Waals surface area contributed by atoms with Crippen molar-refractivity contribution >= 4 is 15.9 Å². The first kappa shape index (κ1) is 18.0. The number of hydrogen-bond acceptors (Lipinski definition) is 4. The largest absolute Gasteiger partial charge is 0.319 e. The topological polar surface area (TPSA) is 69.7 Å². The molecule has 2 saturated heterocycles. The van der Waals surface area contributed by atoms with Crippen LogP contribution in [0.2, 0.25) is 0 Å². The Morgan fingerprint density at radius 2 is 1.92 bits per heavy atom. The van der Waals surface area contributed by atoms with Gasteiger partial charge in [0.2, 0.25) is 15.9 Å². The Balaban J connectivity index is 1.78. The molecule has 25 heavy (non-hydrogen) atoms. The first-order valence-electron chi connectivity index (χ1n) is 8.26. The van der Waals surface area contributed by atoms with E-state index >= 15 is 0 Å². The van der Waals surface area contributed by atoms with Crippen molar-refractivity contribution in [2.45, 2.75) is 36.4 Å². The summed E-state index contributed by atoms with van der Waals surface area (Å²) < 4.78 is 39.9. The highest BCUT2D eigenvalue weighted by Gasteiger charge is 2.50. The van der Waals surface area contributed by atoms with Crippen LogP contribution in [0.3, 0.4) is 0 Å². The van der Waals surface area contributed by atoms with Gasteiger partial charge < -0.3 is 4.90 Å². The van der Waals surface area contributed by atoms with E-state index in [0.717, 1.165) is 12.1 Å². The van der Waals surface area contributed by atoms with Crippen molar-refractivity contribution in [3.63, 3.8) is 0 Å². The minimum Gasteiger partial charge on any atom is -0.319 e. The summed E-state index contributed by atoms with van der Waals surface area (Å²) in [7, 11) is -3.67. The van der Waals surface area contributed by atoms with Gasteiger partial charge in [0.15, 0.2) is 0 Å². The first-order chi connectivity index (χ1) is 11.8. The van der Waals surface area contributed by atoms with E-state index in [1.165, 1.54) is 16.4 Å². The molecular weight excluding hydrogens is 345 g/mol. The van der Waals surface area contributed by atoms with Gasteiger partial charge in [0.1, 0.15) is 5.82 Å². The third-order valence-corrected chi connectivity index (χ3v) is 6.86. The normalized spacial score (nSPS) is 24.0. The average molecular weight is 367 g/mol. The highest BCUT2D eigenvalue weighted by Crippen LogP contribution is 2.34. The maximum Gasteiger partial charge on any atom is 0.243 e. The van der Waals surface area contributed by atoms with Crippen LogP contribution in [0.15, 0.2) is 41.8 Å². The SMILES string of the molecule is C=CCN1C(=O)C(C)NC12CCN(S(=O)(=O)c1ccc(F)cc1)CC2. The van der Waals surface area contributed by atoms with Crippen molar-refractivity contribution < 1.29 is 17.6 Å². The van der Waals surface area contributed by atoms with Gasteiger partial charge in [-0.1, -0.05) is 6.08 Å². The van der Waals surface area contributed by atoms with Crippen molar-refractivity contribution in [1.29, 1.82) is 0 Å². The summed E-state index contributed by atoms with van der Waals surface area (Å²) in [5, 5.41) is 3.33. The summed E-state index contributed by atoms with van der Waals surface area (Å²) in [6, 6.07) is 4.54. The number of sulfonamides is 1. The number of rotatable bonds is 4. The number of carbonyl (C=O) groups is 1. The van der Waals surface area contributed by atoms with Crippen LogP contribution in [-0.2, 0) is 14.8 Å². The molecule has 1 unspecified atom stereocenters. The Kier molecular flexibility index (Phi) is 4.70. The molecule has 2 fully saturated rings. The molecule has 1 N–H and O–H groups in total. The lowest BCUT2D eigenvalue weighted by molar-refractivity contribution is -0.132. The fraction of sp³-hybridized carbons (Fsp3) is 0.471. The van der Waals surface area contributed by atoms with Crippen molar-refractivity contribution in [3.05, 3.63) is 42.7 Å². The lowest BCUT2D eigenvalue weighted by Gasteiger charge is -2.43. The van der Waals surface area contributed by atoms with E-state index in [2.05, 4.69) is 11.9 Å². The number of hydrogen-bond donors (Lipinski definition) is 1. The minimum atomic E-state index is -3.67. The van der Waals surface area contributed by atoms with Crippen LogP contribution in [0.25, 0.3) is 0 Å². The molecule has 1 aromatic carbocycles. The fourth-order valence-electron chi connectivity index (χ4n) is 3.65.